The quantitative estimate of drug-likeness (QED) is 0.538. The standard InChI is InChI=1S/C28H32ClN3O3S/c1-30-24-18-20(6-11-25(24)36-26(28(30)34)17-19-4-3-5-21(29)16-19)27(33)32-14-12-31(13-15-32)22-7-9-23(35-2)10-8-22/h3-5,7-10,16-17,20,24-25H,6,11-15,18H2,1-2H3/b26-17+. The normalized spacial score (nSPS) is 25.6. The summed E-state index contributed by atoms with van der Waals surface area (Å²) in [6.45, 7) is 3.10. The number of rotatable bonds is 4. The molecule has 5 rings (SSSR count). The molecule has 2 aromatic carbocycles. The van der Waals surface area contributed by atoms with Crippen molar-refractivity contribution >= 4 is 46.9 Å². The minimum Gasteiger partial charge on any atom is -0.497 e. The molecule has 2 aromatic rings. The van der Waals surface area contributed by atoms with Gasteiger partial charge in [-0.15, -0.1) is 11.8 Å². The molecule has 2 heterocycles. The van der Waals surface area contributed by atoms with Crippen LogP contribution < -0.4 is 9.64 Å². The Morgan fingerprint density at radius 3 is 2.53 bits per heavy atom. The Bertz CT molecular complexity index is 1150. The van der Waals surface area contributed by atoms with Crippen LogP contribution in [0.2, 0.25) is 5.02 Å². The Balaban J connectivity index is 1.19. The summed E-state index contributed by atoms with van der Waals surface area (Å²) < 4.78 is 5.26. The molecule has 1 saturated carbocycles. The second-order valence-electron chi connectivity index (χ2n) is 9.72. The van der Waals surface area contributed by atoms with Gasteiger partial charge in [-0.1, -0.05) is 23.7 Å². The largest absolute Gasteiger partial charge is 0.497 e. The molecule has 2 aliphatic heterocycles. The van der Waals surface area contributed by atoms with Crippen molar-refractivity contribution in [1.82, 2.24) is 9.80 Å². The maximum atomic E-state index is 13.4. The zero-order chi connectivity index (χ0) is 25.2. The van der Waals surface area contributed by atoms with E-state index in [1.54, 1.807) is 18.9 Å². The highest BCUT2D eigenvalue weighted by Gasteiger charge is 2.43. The molecule has 3 fully saturated rings. The van der Waals surface area contributed by atoms with E-state index in [0.717, 1.165) is 67.3 Å². The molecule has 0 radical (unpaired) electrons. The highest BCUT2D eigenvalue weighted by atomic mass is 35.5. The molecule has 0 N–H and O–H groups in total. The fourth-order valence-corrected chi connectivity index (χ4v) is 7.18. The van der Waals surface area contributed by atoms with Crippen LogP contribution in [0.3, 0.4) is 0 Å². The fraction of sp³-hybridized carbons (Fsp3) is 0.429. The van der Waals surface area contributed by atoms with Crippen LogP contribution in [0.5, 0.6) is 5.75 Å². The topological polar surface area (TPSA) is 53.1 Å². The molecule has 36 heavy (non-hydrogen) atoms. The number of carbonyl (C=O) groups excluding carboxylic acids is 2. The molecule has 6 nitrogen and oxygen atoms in total. The smallest absolute Gasteiger partial charge is 0.260 e. The lowest BCUT2D eigenvalue weighted by atomic mass is 9.83. The summed E-state index contributed by atoms with van der Waals surface area (Å²) in [5.41, 5.74) is 2.09. The van der Waals surface area contributed by atoms with Gasteiger partial charge in [-0.3, -0.25) is 9.59 Å². The molecule has 8 heteroatoms. The molecule has 0 aromatic heterocycles. The van der Waals surface area contributed by atoms with Crippen LogP contribution in [0.1, 0.15) is 24.8 Å². The summed E-state index contributed by atoms with van der Waals surface area (Å²) in [5, 5.41) is 0.974. The van der Waals surface area contributed by atoms with E-state index in [1.807, 2.05) is 59.3 Å². The number of hydrogen-bond donors (Lipinski definition) is 0. The lowest BCUT2D eigenvalue weighted by molar-refractivity contribution is -0.139. The number of hydrogen-bond acceptors (Lipinski definition) is 5. The summed E-state index contributed by atoms with van der Waals surface area (Å²) in [6, 6.07) is 15.7. The van der Waals surface area contributed by atoms with Gasteiger partial charge in [0.15, 0.2) is 0 Å². The predicted octanol–water partition coefficient (Wildman–Crippen LogP) is 4.78. The maximum Gasteiger partial charge on any atom is 0.260 e. The number of nitrogens with zero attached hydrogens (tertiary/aromatic N) is 3. The molecule has 0 spiro atoms. The number of likely N-dealkylation sites (N-methyl/N-ethyl adjacent to an activating group) is 1. The van der Waals surface area contributed by atoms with Gasteiger partial charge in [0.05, 0.1) is 12.0 Å². The number of ether oxygens (including phenoxy) is 1. The highest BCUT2D eigenvalue weighted by Crippen LogP contribution is 2.43. The maximum absolute atomic E-state index is 13.4. The minimum atomic E-state index is -0.0203. The summed E-state index contributed by atoms with van der Waals surface area (Å²) in [5.74, 6) is 1.10. The zero-order valence-electron chi connectivity index (χ0n) is 20.7. The van der Waals surface area contributed by atoms with Gasteiger partial charge in [-0.25, -0.2) is 0 Å². The van der Waals surface area contributed by atoms with Crippen LogP contribution >= 0.6 is 23.4 Å². The van der Waals surface area contributed by atoms with E-state index in [-0.39, 0.29) is 23.8 Å². The van der Waals surface area contributed by atoms with Crippen LogP contribution in [0.15, 0.2) is 53.4 Å². The van der Waals surface area contributed by atoms with E-state index in [4.69, 9.17) is 16.3 Å². The number of benzene rings is 2. The minimum absolute atomic E-state index is 0.0203. The summed E-state index contributed by atoms with van der Waals surface area (Å²) in [6.07, 6.45) is 4.48. The average Bonchev–Trinajstić information content (AvgIpc) is 2.91. The van der Waals surface area contributed by atoms with Gasteiger partial charge in [0, 0.05) is 61.1 Å². The number of piperazine rings is 1. The first-order valence-electron chi connectivity index (χ1n) is 12.5. The fourth-order valence-electron chi connectivity index (χ4n) is 5.51. The molecule has 190 valence electrons. The monoisotopic (exact) mass is 525 g/mol. The van der Waals surface area contributed by atoms with Crippen molar-refractivity contribution in [2.45, 2.75) is 30.6 Å². The van der Waals surface area contributed by atoms with Crippen molar-refractivity contribution < 1.29 is 14.3 Å². The molecule has 0 bridgehead atoms. The van der Waals surface area contributed by atoms with Gasteiger partial charge < -0.3 is 19.4 Å². The molecule has 3 aliphatic rings. The predicted molar refractivity (Wildman–Crippen MR) is 146 cm³/mol. The first-order chi connectivity index (χ1) is 17.4. The second kappa shape index (κ2) is 10.8. The van der Waals surface area contributed by atoms with Crippen molar-refractivity contribution in [1.29, 1.82) is 0 Å². The molecule has 3 atom stereocenters. The van der Waals surface area contributed by atoms with Crippen LogP contribution in [0.4, 0.5) is 5.69 Å². The van der Waals surface area contributed by atoms with Crippen molar-refractivity contribution in [2.24, 2.45) is 5.92 Å². The number of halogens is 1. The molecule has 2 amide bonds. The van der Waals surface area contributed by atoms with Crippen LogP contribution in [-0.2, 0) is 9.59 Å². The Morgan fingerprint density at radius 1 is 1.08 bits per heavy atom. The Morgan fingerprint density at radius 2 is 1.83 bits per heavy atom. The number of thioether (sulfide) groups is 1. The average molecular weight is 526 g/mol. The van der Waals surface area contributed by atoms with Crippen molar-refractivity contribution in [3.63, 3.8) is 0 Å². The van der Waals surface area contributed by atoms with E-state index < -0.39 is 0 Å². The van der Waals surface area contributed by atoms with E-state index >= 15 is 0 Å². The third kappa shape index (κ3) is 5.23. The van der Waals surface area contributed by atoms with E-state index in [0.29, 0.717) is 10.3 Å². The third-order valence-electron chi connectivity index (χ3n) is 7.59. The summed E-state index contributed by atoms with van der Waals surface area (Å²) >= 11 is 7.79. The first kappa shape index (κ1) is 25.0. The Hall–Kier alpha value is -2.64. The van der Waals surface area contributed by atoms with E-state index in [2.05, 4.69) is 17.0 Å². The SMILES string of the molecule is COc1ccc(N2CCN(C(=O)C3CCC4S/C(=C/c5cccc(Cl)c5)C(=O)N(C)C4C3)CC2)cc1. The third-order valence-corrected chi connectivity index (χ3v) is 9.22. The van der Waals surface area contributed by atoms with Crippen molar-refractivity contribution in [3.05, 3.63) is 64.0 Å². The Kier molecular flexibility index (Phi) is 7.49. The summed E-state index contributed by atoms with van der Waals surface area (Å²) in [7, 11) is 3.55. The van der Waals surface area contributed by atoms with E-state index in [1.165, 1.54) is 0 Å². The first-order valence-corrected chi connectivity index (χ1v) is 13.8. The van der Waals surface area contributed by atoms with Crippen molar-refractivity contribution in [2.75, 3.05) is 45.2 Å². The van der Waals surface area contributed by atoms with Gasteiger partial charge in [0.2, 0.25) is 5.91 Å². The van der Waals surface area contributed by atoms with Crippen LogP contribution in [0, 0.1) is 5.92 Å². The van der Waals surface area contributed by atoms with Gasteiger partial charge in [-0.05, 0) is 67.3 Å². The summed E-state index contributed by atoms with van der Waals surface area (Å²) in [4.78, 5) is 33.5. The number of amides is 2. The van der Waals surface area contributed by atoms with Crippen LogP contribution in [-0.4, -0.2) is 73.2 Å². The zero-order valence-corrected chi connectivity index (χ0v) is 22.3. The lowest BCUT2D eigenvalue weighted by Crippen LogP contribution is -2.55. The van der Waals surface area contributed by atoms with E-state index in [9.17, 15) is 9.59 Å². The number of methoxy groups -OCH3 is 1. The van der Waals surface area contributed by atoms with Gasteiger partial charge in [0.1, 0.15) is 5.75 Å². The van der Waals surface area contributed by atoms with Gasteiger partial charge in [0.25, 0.3) is 5.91 Å². The van der Waals surface area contributed by atoms with Gasteiger partial charge in [-0.2, -0.15) is 0 Å². The second-order valence-corrected chi connectivity index (χ2v) is 11.4. The highest BCUT2D eigenvalue weighted by molar-refractivity contribution is 8.04. The Labute approximate surface area is 222 Å². The van der Waals surface area contributed by atoms with Crippen LogP contribution in [0.25, 0.3) is 6.08 Å². The number of carbonyl (C=O) groups is 2. The van der Waals surface area contributed by atoms with Crippen molar-refractivity contribution in [3.8, 4) is 5.75 Å². The molecule has 2 saturated heterocycles. The number of anilines is 1. The molecular weight excluding hydrogens is 494 g/mol. The van der Waals surface area contributed by atoms with Gasteiger partial charge >= 0.3 is 0 Å². The lowest BCUT2D eigenvalue weighted by Gasteiger charge is -2.45. The number of fused-ring (bicyclic) bond motifs is 1. The molecule has 3 unspecified atom stereocenters. The molecule has 1 aliphatic carbocycles. The molecular formula is C28H32ClN3O3S.